The van der Waals surface area contributed by atoms with Crippen LogP contribution in [-0.2, 0) is 20.7 Å². The lowest BCUT2D eigenvalue weighted by Crippen LogP contribution is -2.41. The maximum Gasteiger partial charge on any atom is 0.407 e. The molecule has 1 saturated heterocycles. The van der Waals surface area contributed by atoms with E-state index in [0.717, 1.165) is 6.07 Å². The first-order valence-electron chi connectivity index (χ1n) is 12.0. The molecule has 0 unspecified atom stereocenters. The molecule has 0 bridgehead atoms. The van der Waals surface area contributed by atoms with Gasteiger partial charge in [-0.25, -0.2) is 13.6 Å². The smallest absolute Gasteiger partial charge is 0.407 e. The molecule has 4 rings (SSSR count). The van der Waals surface area contributed by atoms with Crippen molar-refractivity contribution >= 4 is 35.2 Å². The average Bonchev–Trinajstić information content (AvgIpc) is 3.30. The molecule has 198 valence electrons. The Morgan fingerprint density at radius 2 is 1.81 bits per heavy atom. The van der Waals surface area contributed by atoms with Gasteiger partial charge in [0.25, 0.3) is 5.91 Å². The van der Waals surface area contributed by atoms with Crippen molar-refractivity contribution in [1.29, 1.82) is 0 Å². The van der Waals surface area contributed by atoms with Crippen LogP contribution < -0.4 is 10.6 Å². The zero-order valence-electron chi connectivity index (χ0n) is 20.3. The summed E-state index contributed by atoms with van der Waals surface area (Å²) in [6, 6.07) is 5.76. The van der Waals surface area contributed by atoms with E-state index in [4.69, 9.17) is 21.1 Å². The fourth-order valence-corrected chi connectivity index (χ4v) is 4.97. The number of fused-ring (bicyclic) bond motifs is 1. The Labute approximate surface area is 218 Å². The van der Waals surface area contributed by atoms with E-state index in [-0.39, 0.29) is 41.2 Å². The molecule has 1 atom stereocenters. The van der Waals surface area contributed by atoms with Crippen LogP contribution in [0.5, 0.6) is 0 Å². The lowest BCUT2D eigenvalue weighted by Gasteiger charge is -2.31. The summed E-state index contributed by atoms with van der Waals surface area (Å²) in [5.41, 5.74) is 1.33. The van der Waals surface area contributed by atoms with Gasteiger partial charge in [0, 0.05) is 37.0 Å². The highest BCUT2D eigenvalue weighted by Gasteiger charge is 2.32. The minimum atomic E-state index is -0.661. The fourth-order valence-electron chi connectivity index (χ4n) is 4.79. The van der Waals surface area contributed by atoms with Gasteiger partial charge in [0.1, 0.15) is 18.2 Å². The Hall–Kier alpha value is -3.24. The van der Waals surface area contributed by atoms with E-state index in [1.54, 1.807) is 4.90 Å². The third-order valence-electron chi connectivity index (χ3n) is 6.73. The Morgan fingerprint density at radius 1 is 1.08 bits per heavy atom. The first-order chi connectivity index (χ1) is 17.8. The maximum atomic E-state index is 14.8. The number of ether oxygens (including phenoxy) is 2. The van der Waals surface area contributed by atoms with Crippen LogP contribution in [0.25, 0.3) is 0 Å². The number of anilines is 1. The predicted octanol–water partition coefficient (Wildman–Crippen LogP) is 4.47. The molecule has 11 heteroatoms. The molecular formula is C26H28ClF2N3O5. The molecule has 1 aliphatic heterocycles. The SMILES string of the molecule is COCC(=O)N1CCC(COC(=O)N[C@H]2CCc3c(C(=O)Nc4ccc(F)c(Cl)c4)ccc(F)c32)CC1. The zero-order chi connectivity index (χ0) is 26.5. The van der Waals surface area contributed by atoms with Gasteiger partial charge in [-0.15, -0.1) is 0 Å². The Bertz CT molecular complexity index is 1190. The van der Waals surface area contributed by atoms with Crippen LogP contribution in [-0.4, -0.2) is 56.2 Å². The highest BCUT2D eigenvalue weighted by atomic mass is 35.5. The van der Waals surface area contributed by atoms with E-state index in [1.165, 1.54) is 31.4 Å². The number of nitrogens with one attached hydrogen (secondary N) is 2. The molecule has 3 amide bonds. The molecular weight excluding hydrogens is 508 g/mol. The minimum Gasteiger partial charge on any atom is -0.449 e. The van der Waals surface area contributed by atoms with Gasteiger partial charge in [0.15, 0.2) is 0 Å². The number of carbonyl (C=O) groups is 3. The summed E-state index contributed by atoms with van der Waals surface area (Å²) in [6.45, 7) is 1.40. The molecule has 1 aliphatic carbocycles. The molecule has 2 N–H and O–H groups in total. The topological polar surface area (TPSA) is 97.0 Å². The van der Waals surface area contributed by atoms with Gasteiger partial charge < -0.3 is 25.0 Å². The zero-order valence-corrected chi connectivity index (χ0v) is 21.1. The molecule has 2 aromatic rings. The lowest BCUT2D eigenvalue weighted by molar-refractivity contribution is -0.136. The molecule has 1 heterocycles. The standard InChI is InChI=1S/C26H28ClF2N3O5/c1-36-14-23(33)32-10-8-15(9-11-32)13-37-26(35)31-22-7-4-17-18(3-6-21(29)24(17)22)25(34)30-16-2-5-20(28)19(27)12-16/h2-3,5-6,12,15,22H,4,7-11,13-14H2,1H3,(H,30,34)(H,31,35)/t22-/m0/s1. The molecule has 2 aromatic carbocycles. The van der Waals surface area contributed by atoms with E-state index in [1.807, 2.05) is 0 Å². The van der Waals surface area contributed by atoms with Crippen molar-refractivity contribution in [2.45, 2.75) is 31.7 Å². The average molecular weight is 536 g/mol. The molecule has 0 saturated carbocycles. The molecule has 37 heavy (non-hydrogen) atoms. The molecule has 0 aromatic heterocycles. The van der Waals surface area contributed by atoms with Gasteiger partial charge in [-0.1, -0.05) is 11.6 Å². The Balaban J connectivity index is 1.33. The number of piperidine rings is 1. The number of hydrogen-bond acceptors (Lipinski definition) is 5. The summed E-state index contributed by atoms with van der Waals surface area (Å²) in [6.07, 6.45) is 1.56. The highest BCUT2D eigenvalue weighted by molar-refractivity contribution is 6.31. The van der Waals surface area contributed by atoms with E-state index in [2.05, 4.69) is 10.6 Å². The number of likely N-dealkylation sites (tertiary alicyclic amines) is 1. The van der Waals surface area contributed by atoms with Crippen molar-refractivity contribution in [3.8, 4) is 0 Å². The summed E-state index contributed by atoms with van der Waals surface area (Å²) in [5, 5.41) is 5.23. The van der Waals surface area contributed by atoms with Gasteiger partial charge in [-0.05, 0) is 67.5 Å². The number of rotatable bonds is 7. The van der Waals surface area contributed by atoms with Crippen molar-refractivity contribution in [2.24, 2.45) is 5.92 Å². The van der Waals surface area contributed by atoms with Gasteiger partial charge in [-0.2, -0.15) is 0 Å². The van der Waals surface area contributed by atoms with Crippen molar-refractivity contribution in [2.75, 3.05) is 38.7 Å². The lowest BCUT2D eigenvalue weighted by atomic mass is 9.98. The summed E-state index contributed by atoms with van der Waals surface area (Å²) < 4.78 is 38.5. The van der Waals surface area contributed by atoms with Crippen molar-refractivity contribution in [3.63, 3.8) is 0 Å². The number of methoxy groups -OCH3 is 1. The third kappa shape index (κ3) is 6.37. The van der Waals surface area contributed by atoms with Crippen LogP contribution >= 0.6 is 11.6 Å². The minimum absolute atomic E-state index is 0.0486. The first kappa shape index (κ1) is 26.8. The second-order valence-electron chi connectivity index (χ2n) is 9.16. The van der Waals surface area contributed by atoms with E-state index >= 15 is 0 Å². The fraction of sp³-hybridized carbons (Fsp3) is 0.423. The van der Waals surface area contributed by atoms with Crippen LogP contribution in [0.2, 0.25) is 5.02 Å². The van der Waals surface area contributed by atoms with Crippen molar-refractivity contribution in [3.05, 3.63) is 63.7 Å². The molecule has 0 radical (unpaired) electrons. The third-order valence-corrected chi connectivity index (χ3v) is 7.02. The summed E-state index contributed by atoms with van der Waals surface area (Å²) in [5.74, 6) is -1.55. The van der Waals surface area contributed by atoms with Crippen LogP contribution in [0.3, 0.4) is 0 Å². The second kappa shape index (κ2) is 11.9. The first-order valence-corrected chi connectivity index (χ1v) is 12.4. The van der Waals surface area contributed by atoms with Crippen molar-refractivity contribution in [1.82, 2.24) is 10.2 Å². The number of alkyl carbamates (subject to hydrolysis) is 1. The highest BCUT2D eigenvalue weighted by Crippen LogP contribution is 2.36. The summed E-state index contributed by atoms with van der Waals surface area (Å²) >= 11 is 5.78. The number of nitrogens with zero attached hydrogens (tertiary/aromatic N) is 1. The van der Waals surface area contributed by atoms with Gasteiger partial charge >= 0.3 is 6.09 Å². The Morgan fingerprint density at radius 3 is 2.51 bits per heavy atom. The summed E-state index contributed by atoms with van der Waals surface area (Å²) in [7, 11) is 1.48. The molecule has 0 spiro atoms. The van der Waals surface area contributed by atoms with Gasteiger partial charge in [0.05, 0.1) is 17.7 Å². The van der Waals surface area contributed by atoms with E-state index in [9.17, 15) is 23.2 Å². The van der Waals surface area contributed by atoms with Gasteiger partial charge in [0.2, 0.25) is 5.91 Å². The number of carbonyl (C=O) groups excluding carboxylic acids is 3. The maximum absolute atomic E-state index is 14.8. The molecule has 8 nitrogen and oxygen atoms in total. The second-order valence-corrected chi connectivity index (χ2v) is 9.57. The quantitative estimate of drug-likeness (QED) is 0.545. The largest absolute Gasteiger partial charge is 0.449 e. The Kier molecular flexibility index (Phi) is 8.60. The summed E-state index contributed by atoms with van der Waals surface area (Å²) in [4.78, 5) is 39.0. The number of amides is 3. The van der Waals surface area contributed by atoms with Crippen LogP contribution in [0.15, 0.2) is 30.3 Å². The normalized spacial score (nSPS) is 17.3. The molecule has 1 fully saturated rings. The van der Waals surface area contributed by atoms with Crippen molar-refractivity contribution < 1.29 is 32.6 Å². The van der Waals surface area contributed by atoms with Crippen LogP contribution in [0, 0.1) is 17.6 Å². The predicted molar refractivity (Wildman–Crippen MR) is 132 cm³/mol. The van der Waals surface area contributed by atoms with E-state index < -0.39 is 29.7 Å². The van der Waals surface area contributed by atoms with Crippen LogP contribution in [0.1, 0.15) is 46.8 Å². The molecule has 2 aliphatic rings. The number of benzene rings is 2. The van der Waals surface area contributed by atoms with Crippen LogP contribution in [0.4, 0.5) is 19.3 Å². The van der Waals surface area contributed by atoms with Gasteiger partial charge in [-0.3, -0.25) is 9.59 Å². The van der Waals surface area contributed by atoms with E-state index in [0.29, 0.717) is 50.0 Å². The number of halogens is 3. The monoisotopic (exact) mass is 535 g/mol. The number of hydrogen-bond donors (Lipinski definition) is 2.